The molecule has 0 spiro atoms. The topological polar surface area (TPSA) is 57.6 Å². The van der Waals surface area contributed by atoms with Crippen LogP contribution in [-0.4, -0.2) is 34.0 Å². The molecule has 0 radical (unpaired) electrons. The van der Waals surface area contributed by atoms with Gasteiger partial charge >= 0.3 is 5.97 Å². The molecule has 0 heterocycles. The molecular weight excluding hydrogens is 273 g/mol. The van der Waals surface area contributed by atoms with Crippen molar-refractivity contribution in [1.82, 2.24) is 4.90 Å². The Morgan fingerprint density at radius 1 is 1.42 bits per heavy atom. The van der Waals surface area contributed by atoms with Crippen LogP contribution >= 0.6 is 11.6 Å². The number of rotatable bonds is 4. The number of carboxylic acid groups (broad SMARTS) is 1. The fourth-order valence-corrected chi connectivity index (χ4v) is 1.88. The van der Waals surface area contributed by atoms with E-state index in [1.165, 1.54) is 26.0 Å². The molecule has 1 rings (SSSR count). The molecule has 1 aromatic carbocycles. The van der Waals surface area contributed by atoms with Gasteiger partial charge in [0.25, 0.3) is 5.91 Å². The maximum atomic E-state index is 13.7. The number of amides is 1. The summed E-state index contributed by atoms with van der Waals surface area (Å²) in [7, 11) is 0. The summed E-state index contributed by atoms with van der Waals surface area (Å²) >= 11 is 5.62. The Kier molecular flexibility index (Phi) is 4.52. The van der Waals surface area contributed by atoms with Gasteiger partial charge in [0, 0.05) is 11.6 Å². The van der Waals surface area contributed by atoms with Crippen LogP contribution in [-0.2, 0) is 4.79 Å². The number of nitrogens with zero attached hydrogens (tertiary/aromatic N) is 1. The van der Waals surface area contributed by atoms with E-state index in [9.17, 15) is 14.0 Å². The molecule has 1 amide bonds. The number of hydrogen-bond acceptors (Lipinski definition) is 2. The van der Waals surface area contributed by atoms with Crippen LogP contribution in [0.25, 0.3) is 0 Å². The largest absolute Gasteiger partial charge is 0.480 e. The zero-order valence-electron chi connectivity index (χ0n) is 10.9. The lowest BCUT2D eigenvalue weighted by molar-refractivity contribution is -0.147. The normalized spacial score (nSPS) is 11.2. The Balaban J connectivity index is 3.19. The predicted octanol–water partition coefficient (Wildman–Crippen LogP) is 2.80. The number of carboxylic acids is 1. The van der Waals surface area contributed by atoms with Crippen molar-refractivity contribution in [2.24, 2.45) is 0 Å². The number of benzene rings is 1. The Morgan fingerprint density at radius 3 is 2.42 bits per heavy atom. The average Bonchev–Trinajstić information content (AvgIpc) is 2.28. The minimum atomic E-state index is -1.42. The van der Waals surface area contributed by atoms with E-state index in [0.29, 0.717) is 0 Å². The molecule has 0 saturated carbocycles. The summed E-state index contributed by atoms with van der Waals surface area (Å²) in [4.78, 5) is 24.5. The average molecular weight is 288 g/mol. The van der Waals surface area contributed by atoms with E-state index in [-0.39, 0.29) is 17.1 Å². The number of aliphatic carboxylic acids is 1. The van der Waals surface area contributed by atoms with Crippen molar-refractivity contribution in [1.29, 1.82) is 0 Å². The smallest absolute Gasteiger partial charge is 0.329 e. The van der Waals surface area contributed by atoms with E-state index in [1.54, 1.807) is 6.92 Å². The third-order valence-corrected chi connectivity index (χ3v) is 3.16. The van der Waals surface area contributed by atoms with E-state index >= 15 is 0 Å². The van der Waals surface area contributed by atoms with Crippen molar-refractivity contribution >= 4 is 23.5 Å². The lowest BCUT2D eigenvalue weighted by atomic mass is 10.0. The fourth-order valence-electron chi connectivity index (χ4n) is 1.72. The number of halogens is 2. The third kappa shape index (κ3) is 3.04. The van der Waals surface area contributed by atoms with Gasteiger partial charge in [-0.1, -0.05) is 11.6 Å². The molecule has 6 heteroatoms. The zero-order chi connectivity index (χ0) is 14.8. The number of carbonyl (C=O) groups is 2. The summed E-state index contributed by atoms with van der Waals surface area (Å²) in [5.41, 5.74) is -1.61. The van der Waals surface area contributed by atoms with Gasteiger partial charge in [0.15, 0.2) is 0 Å². The van der Waals surface area contributed by atoms with Crippen molar-refractivity contribution in [3.63, 3.8) is 0 Å². The van der Waals surface area contributed by atoms with Gasteiger partial charge in [-0.25, -0.2) is 9.18 Å². The number of carbonyl (C=O) groups excluding carboxylic acids is 1. The molecule has 19 heavy (non-hydrogen) atoms. The van der Waals surface area contributed by atoms with E-state index in [2.05, 4.69) is 0 Å². The third-order valence-electron chi connectivity index (χ3n) is 2.92. The maximum Gasteiger partial charge on any atom is 0.329 e. The second-order valence-corrected chi connectivity index (χ2v) is 4.97. The number of likely N-dealkylation sites (N-methyl/N-ethyl adjacent to an activating group) is 1. The minimum Gasteiger partial charge on any atom is -0.480 e. The van der Waals surface area contributed by atoms with Crippen LogP contribution in [0.1, 0.15) is 31.1 Å². The second-order valence-electron chi connectivity index (χ2n) is 4.54. The minimum absolute atomic E-state index is 0.153. The number of hydrogen-bond donors (Lipinski definition) is 1. The SMILES string of the molecule is CCN(C(=O)c1ccc(Cl)cc1F)C(C)(C)C(=O)O. The van der Waals surface area contributed by atoms with Crippen LogP contribution in [0.15, 0.2) is 18.2 Å². The van der Waals surface area contributed by atoms with Gasteiger partial charge in [-0.2, -0.15) is 0 Å². The molecule has 104 valence electrons. The summed E-state index contributed by atoms with van der Waals surface area (Å²) in [6, 6.07) is 3.66. The monoisotopic (exact) mass is 287 g/mol. The lowest BCUT2D eigenvalue weighted by Crippen LogP contribution is -2.53. The van der Waals surface area contributed by atoms with E-state index in [1.807, 2.05) is 0 Å². The second kappa shape index (κ2) is 5.57. The first-order valence-electron chi connectivity index (χ1n) is 5.72. The van der Waals surface area contributed by atoms with Gasteiger partial charge in [0.2, 0.25) is 0 Å². The highest BCUT2D eigenvalue weighted by atomic mass is 35.5. The molecule has 4 nitrogen and oxygen atoms in total. The van der Waals surface area contributed by atoms with Gasteiger partial charge in [0.1, 0.15) is 11.4 Å². The zero-order valence-corrected chi connectivity index (χ0v) is 11.7. The highest BCUT2D eigenvalue weighted by Crippen LogP contribution is 2.21. The van der Waals surface area contributed by atoms with E-state index < -0.39 is 23.2 Å². The lowest BCUT2D eigenvalue weighted by Gasteiger charge is -2.34. The Bertz CT molecular complexity index is 517. The molecule has 0 saturated heterocycles. The Hall–Kier alpha value is -1.62. The standard InChI is InChI=1S/C13H15ClFNO3/c1-4-16(13(2,3)12(18)19)11(17)9-6-5-8(14)7-10(9)15/h5-7H,4H2,1-3H3,(H,18,19). The highest BCUT2D eigenvalue weighted by Gasteiger charge is 2.37. The van der Waals surface area contributed by atoms with Crippen molar-refractivity contribution in [3.05, 3.63) is 34.6 Å². The molecule has 1 aromatic rings. The first kappa shape index (κ1) is 15.4. The summed E-state index contributed by atoms with van der Waals surface area (Å²) in [6.07, 6.45) is 0. The van der Waals surface area contributed by atoms with Crippen molar-refractivity contribution in [2.75, 3.05) is 6.54 Å². The molecule has 0 bridgehead atoms. The Labute approximate surface area is 115 Å². The van der Waals surface area contributed by atoms with E-state index in [0.717, 1.165) is 11.0 Å². The van der Waals surface area contributed by atoms with Crippen LogP contribution in [0.3, 0.4) is 0 Å². The summed E-state index contributed by atoms with van der Waals surface area (Å²) < 4.78 is 13.7. The molecule has 0 aliphatic carbocycles. The predicted molar refractivity (Wildman–Crippen MR) is 69.8 cm³/mol. The van der Waals surface area contributed by atoms with Crippen LogP contribution in [0, 0.1) is 5.82 Å². The van der Waals surface area contributed by atoms with Crippen molar-refractivity contribution < 1.29 is 19.1 Å². The molecule has 0 aromatic heterocycles. The highest BCUT2D eigenvalue weighted by molar-refractivity contribution is 6.30. The summed E-state index contributed by atoms with van der Waals surface area (Å²) in [5.74, 6) is -2.60. The van der Waals surface area contributed by atoms with Gasteiger partial charge < -0.3 is 10.0 Å². The molecule has 0 unspecified atom stereocenters. The first-order chi connectivity index (χ1) is 8.71. The summed E-state index contributed by atoms with van der Waals surface area (Å²) in [5, 5.41) is 9.32. The van der Waals surface area contributed by atoms with Gasteiger partial charge in [-0.05, 0) is 39.0 Å². The van der Waals surface area contributed by atoms with Crippen molar-refractivity contribution in [3.8, 4) is 0 Å². The maximum absolute atomic E-state index is 13.7. The molecule has 0 aliphatic rings. The van der Waals surface area contributed by atoms with Crippen LogP contribution in [0.5, 0.6) is 0 Å². The molecule has 0 fully saturated rings. The van der Waals surface area contributed by atoms with Crippen LogP contribution < -0.4 is 0 Å². The quantitative estimate of drug-likeness (QED) is 0.926. The summed E-state index contributed by atoms with van der Waals surface area (Å²) in [6.45, 7) is 4.58. The molecule has 0 atom stereocenters. The molecular formula is C13H15ClFNO3. The van der Waals surface area contributed by atoms with E-state index in [4.69, 9.17) is 16.7 Å². The van der Waals surface area contributed by atoms with Crippen LogP contribution in [0.2, 0.25) is 5.02 Å². The van der Waals surface area contributed by atoms with Crippen LogP contribution in [0.4, 0.5) is 4.39 Å². The first-order valence-corrected chi connectivity index (χ1v) is 6.10. The van der Waals surface area contributed by atoms with Gasteiger partial charge in [0.05, 0.1) is 5.56 Å². The fraction of sp³-hybridized carbons (Fsp3) is 0.385. The Morgan fingerprint density at radius 2 is 2.00 bits per heavy atom. The van der Waals surface area contributed by atoms with Crippen molar-refractivity contribution in [2.45, 2.75) is 26.3 Å². The molecule has 1 N–H and O–H groups in total. The molecule has 0 aliphatic heterocycles. The van der Waals surface area contributed by atoms with Gasteiger partial charge in [-0.15, -0.1) is 0 Å². The van der Waals surface area contributed by atoms with Gasteiger partial charge in [-0.3, -0.25) is 4.79 Å².